The predicted molar refractivity (Wildman–Crippen MR) is 110 cm³/mol. The molecule has 3 nitrogen and oxygen atoms in total. The van der Waals surface area contributed by atoms with Gasteiger partial charge in [0.1, 0.15) is 6.54 Å². The van der Waals surface area contributed by atoms with E-state index in [2.05, 4.69) is 0 Å². The molecule has 0 spiro atoms. The Hall–Kier alpha value is -1.06. The van der Waals surface area contributed by atoms with Gasteiger partial charge in [-0.05, 0) is 19.3 Å². The number of nitrogens with zero attached hydrogens (tertiary/aromatic N) is 1. The number of halogens is 1. The molecule has 1 aromatic carbocycles. The summed E-state index contributed by atoms with van der Waals surface area (Å²) in [5, 5.41) is 8.62. The fourth-order valence-corrected chi connectivity index (χ4v) is 2.95. The molecule has 1 aromatic rings. The van der Waals surface area contributed by atoms with Gasteiger partial charge in [-0.2, -0.15) is 0 Å². The highest BCUT2D eigenvalue weighted by molar-refractivity contribution is 5.66. The highest BCUT2D eigenvalue weighted by Gasteiger charge is 2.14. The van der Waals surface area contributed by atoms with Crippen LogP contribution in [-0.4, -0.2) is 36.1 Å². The lowest BCUT2D eigenvalue weighted by Crippen LogP contribution is -3.00. The molecule has 0 aliphatic carbocycles. The fraction of sp³-hybridized carbons (Fsp3) is 0.696. The molecule has 0 aliphatic rings. The number of carboxylic acid groups (broad SMARTS) is 1. The van der Waals surface area contributed by atoms with Crippen molar-refractivity contribution in [3.63, 3.8) is 0 Å². The maximum absolute atomic E-state index is 10.5. The number of carboxylic acids is 1. The molecule has 0 radical (unpaired) electrons. The Labute approximate surface area is 188 Å². The van der Waals surface area contributed by atoms with Crippen LogP contribution in [0.15, 0.2) is 30.2 Å². The standard InChI is InChI=1S/C23H39NO2.ClH/c1-24(2,21-22-17-13-12-14-18-22)20-16-11-9-7-5-3-4-6-8-10-15-19-23(25)26;/h12-14,17-18H,3-11,15-16,19-21H2,1-2H3;1H/i1+1D3,2+1D3,12D,13D,14D,17D,18D;. The molecular formula is C23H40ClNO2. The molecule has 1 N–H and O–H groups in total. The number of rotatable bonds is 16. The summed E-state index contributed by atoms with van der Waals surface area (Å²) < 4.78 is 86.8. The Morgan fingerprint density at radius 3 is 1.85 bits per heavy atom. The van der Waals surface area contributed by atoms with E-state index >= 15 is 0 Å². The molecule has 0 saturated carbocycles. The van der Waals surface area contributed by atoms with Gasteiger partial charge in [0.05, 0.1) is 35.6 Å². The van der Waals surface area contributed by atoms with Crippen LogP contribution < -0.4 is 12.4 Å². The van der Waals surface area contributed by atoms with Crippen molar-refractivity contribution in [2.75, 3.05) is 20.5 Å². The van der Waals surface area contributed by atoms with E-state index < -0.39 is 61.2 Å². The SMILES string of the molecule is [2H]c1c([2H])c([2H])c(C[N+](CCCCCCCCCCCCCC(=O)O)([13C]([2H])([2H])[2H])[13C]([2H])([2H])[2H])c([2H])c1[2H].[Cl-]. The lowest BCUT2D eigenvalue weighted by molar-refractivity contribution is -0.903. The van der Waals surface area contributed by atoms with E-state index in [1.807, 2.05) is 0 Å². The first-order valence-corrected chi connectivity index (χ1v) is 9.71. The molecule has 0 unspecified atom stereocenters. The summed E-state index contributed by atoms with van der Waals surface area (Å²) in [6.07, 6.45) is 9.75. The second kappa shape index (κ2) is 15.9. The van der Waals surface area contributed by atoms with Gasteiger partial charge < -0.3 is 22.0 Å². The zero-order chi connectivity index (χ0) is 28.4. The third kappa shape index (κ3) is 15.7. The van der Waals surface area contributed by atoms with E-state index in [0.29, 0.717) is 19.3 Å². The van der Waals surface area contributed by atoms with Crippen molar-refractivity contribution in [2.45, 2.75) is 83.6 Å². The molecule has 4 heteroatoms. The summed E-state index contributed by atoms with van der Waals surface area (Å²) in [5.74, 6) is -0.761. The number of quaternary nitrogens is 1. The molecule has 0 amide bonds. The van der Waals surface area contributed by atoms with Crippen molar-refractivity contribution in [1.82, 2.24) is 0 Å². The van der Waals surface area contributed by atoms with Crippen molar-refractivity contribution in [3.8, 4) is 0 Å². The molecule has 156 valence electrons. The average Bonchev–Trinajstić information content (AvgIpc) is 2.79. The van der Waals surface area contributed by atoms with Gasteiger partial charge in [0, 0.05) is 12.0 Å². The highest BCUT2D eigenvalue weighted by Crippen LogP contribution is 2.14. The maximum Gasteiger partial charge on any atom is 0.303 e. The minimum Gasteiger partial charge on any atom is -1.00 e. The maximum atomic E-state index is 10.5. The Bertz CT molecular complexity index is 849. The minimum absolute atomic E-state index is 0. The first-order chi connectivity index (χ1) is 17.1. The van der Waals surface area contributed by atoms with Gasteiger partial charge in [0.15, 0.2) is 0 Å². The van der Waals surface area contributed by atoms with E-state index in [0.717, 1.165) is 51.4 Å². The lowest BCUT2D eigenvalue weighted by atomic mass is 10.0. The van der Waals surface area contributed by atoms with Gasteiger partial charge in [0.25, 0.3) is 0 Å². The molecule has 1 rings (SSSR count). The number of unbranched alkanes of at least 4 members (excludes halogenated alkanes) is 10. The number of carbonyl (C=O) groups is 1. The van der Waals surface area contributed by atoms with E-state index in [9.17, 15) is 4.79 Å². The Kier molecular flexibility index (Phi) is 7.38. The van der Waals surface area contributed by atoms with Crippen LogP contribution in [0.5, 0.6) is 0 Å². The van der Waals surface area contributed by atoms with Gasteiger partial charge in [-0.1, -0.05) is 81.6 Å². The van der Waals surface area contributed by atoms with Crippen LogP contribution in [0.4, 0.5) is 0 Å². The summed E-state index contributed by atoms with van der Waals surface area (Å²) >= 11 is 0. The largest absolute Gasteiger partial charge is 1.00 e. The number of hydrogen-bond acceptors (Lipinski definition) is 1. The van der Waals surface area contributed by atoms with Crippen LogP contribution in [0.1, 0.15) is 97.7 Å². The molecule has 0 aromatic heterocycles. The summed E-state index contributed by atoms with van der Waals surface area (Å²) in [4.78, 5) is 10.5. The van der Waals surface area contributed by atoms with E-state index in [1.165, 1.54) is 0 Å². The highest BCUT2D eigenvalue weighted by atomic mass is 35.5. The Balaban J connectivity index is 0.0000137. The first kappa shape index (κ1) is 12.5. The van der Waals surface area contributed by atoms with Crippen LogP contribution in [0.2, 0.25) is 0 Å². The molecular weight excluding hydrogens is 360 g/mol. The van der Waals surface area contributed by atoms with Crippen LogP contribution >= 0.6 is 0 Å². The first-order valence-electron chi connectivity index (χ1n) is 15.2. The van der Waals surface area contributed by atoms with Crippen LogP contribution in [-0.2, 0) is 11.3 Å². The molecule has 0 atom stereocenters. The molecule has 0 heterocycles. The summed E-state index contributed by atoms with van der Waals surface area (Å²) in [6.45, 7) is -6.92. The van der Waals surface area contributed by atoms with E-state index in [1.54, 1.807) is 0 Å². The third-order valence-electron chi connectivity index (χ3n) is 4.41. The van der Waals surface area contributed by atoms with Crippen molar-refractivity contribution in [3.05, 3.63) is 35.8 Å². The molecule has 27 heavy (non-hydrogen) atoms. The Morgan fingerprint density at radius 2 is 1.37 bits per heavy atom. The second-order valence-corrected chi connectivity index (χ2v) is 6.99. The third-order valence-corrected chi connectivity index (χ3v) is 4.41. The van der Waals surface area contributed by atoms with Gasteiger partial charge in [-0.25, -0.2) is 0 Å². The molecule has 0 saturated heterocycles. The normalized spacial score (nSPS) is 18.0. The summed E-state index contributed by atoms with van der Waals surface area (Å²) in [6, 6.07) is -3.01. The zero-order valence-corrected chi connectivity index (χ0v) is 16.8. The van der Waals surface area contributed by atoms with Crippen LogP contribution in [0.25, 0.3) is 0 Å². The van der Waals surface area contributed by atoms with Crippen molar-refractivity contribution < 1.29 is 41.9 Å². The Morgan fingerprint density at radius 1 is 0.889 bits per heavy atom. The monoisotopic (exact) mass is 410 g/mol. The van der Waals surface area contributed by atoms with Crippen LogP contribution in [0, 0.1) is 0 Å². The quantitative estimate of drug-likeness (QED) is 0.258. The number of aliphatic carboxylic acids is 1. The fourth-order valence-electron chi connectivity index (χ4n) is 2.95. The lowest BCUT2D eigenvalue weighted by Gasteiger charge is -2.30. The van der Waals surface area contributed by atoms with Gasteiger partial charge in [-0.3, -0.25) is 4.79 Å². The van der Waals surface area contributed by atoms with Gasteiger partial charge in [0.2, 0.25) is 0 Å². The van der Waals surface area contributed by atoms with E-state index in [4.69, 9.17) is 20.2 Å². The van der Waals surface area contributed by atoms with Crippen LogP contribution in [0.3, 0.4) is 0 Å². The second-order valence-electron chi connectivity index (χ2n) is 6.99. The average molecular weight is 411 g/mol. The number of benzene rings is 1. The van der Waals surface area contributed by atoms with E-state index in [-0.39, 0.29) is 30.9 Å². The smallest absolute Gasteiger partial charge is 0.303 e. The molecule has 0 aliphatic heterocycles. The minimum atomic E-state index is -2.99. The number of hydrogen-bond donors (Lipinski definition) is 1. The van der Waals surface area contributed by atoms with Crippen molar-refractivity contribution in [1.29, 1.82) is 0 Å². The zero-order valence-electron chi connectivity index (χ0n) is 27.1. The van der Waals surface area contributed by atoms with Crippen molar-refractivity contribution in [2.24, 2.45) is 0 Å². The van der Waals surface area contributed by atoms with Gasteiger partial charge in [-0.15, -0.1) is 0 Å². The van der Waals surface area contributed by atoms with Gasteiger partial charge >= 0.3 is 5.97 Å². The topological polar surface area (TPSA) is 37.3 Å². The summed E-state index contributed by atoms with van der Waals surface area (Å²) in [7, 11) is 0. The molecule has 0 bridgehead atoms. The summed E-state index contributed by atoms with van der Waals surface area (Å²) in [5.41, 5.74) is -0.304. The van der Waals surface area contributed by atoms with Crippen molar-refractivity contribution >= 4 is 5.97 Å². The predicted octanol–water partition coefficient (Wildman–Crippen LogP) is 3.03. The molecule has 0 fully saturated rings.